The molecule has 0 atom stereocenters. The molecule has 0 saturated carbocycles. The predicted octanol–water partition coefficient (Wildman–Crippen LogP) is -1.13. The second kappa shape index (κ2) is 3.66. The van der Waals surface area contributed by atoms with E-state index in [4.69, 9.17) is 0 Å². The maximum absolute atomic E-state index is 3.72. The van der Waals surface area contributed by atoms with Crippen LogP contribution in [0.25, 0.3) is 0 Å². The number of hydrogen-bond donors (Lipinski definition) is 0. The molecule has 1 aromatic carbocycles. The maximum atomic E-state index is 3.72. The van der Waals surface area contributed by atoms with E-state index in [1.807, 2.05) is 30.3 Å². The first-order chi connectivity index (χ1) is 3.39. The van der Waals surface area contributed by atoms with Gasteiger partial charge in [-0.3, -0.25) is 0 Å². The van der Waals surface area contributed by atoms with Crippen molar-refractivity contribution in [2.45, 2.75) is 0 Å². The first kappa shape index (κ1) is 7.69. The van der Waals surface area contributed by atoms with E-state index in [2.05, 4.69) is 6.92 Å². The zero-order chi connectivity index (χ0) is 5.11. The van der Waals surface area contributed by atoms with Crippen molar-refractivity contribution >= 4 is 0 Å². The van der Waals surface area contributed by atoms with E-state index in [9.17, 15) is 0 Å². The molecule has 8 heavy (non-hydrogen) atoms. The van der Waals surface area contributed by atoms with E-state index in [-0.39, 0.29) is 18.9 Å². The van der Waals surface area contributed by atoms with E-state index < -0.39 is 0 Å². The van der Waals surface area contributed by atoms with Crippen LogP contribution in [0, 0.1) is 6.92 Å². The van der Waals surface area contributed by atoms with E-state index in [0.29, 0.717) is 0 Å². The summed E-state index contributed by atoms with van der Waals surface area (Å²) in [5, 5.41) is 0. The summed E-state index contributed by atoms with van der Waals surface area (Å²) in [6, 6.07) is 9.87. The minimum atomic E-state index is 0. The Hall–Kier alpha value is -0.313. The Morgan fingerprint density at radius 3 is 1.75 bits per heavy atom. The van der Waals surface area contributed by atoms with Crippen molar-refractivity contribution in [1.29, 1.82) is 0 Å². The fourth-order valence-electron chi connectivity index (χ4n) is 0.478. The molecule has 0 N–H and O–H groups in total. The van der Waals surface area contributed by atoms with Gasteiger partial charge in [-0.25, -0.2) is 0 Å². The van der Waals surface area contributed by atoms with Crippen LogP contribution in [0.1, 0.15) is 5.56 Å². The standard InChI is InChI=1S/C7H7.Li/c1-7-5-3-2-4-6-7;/h2-6H,1H2;/q-1;+1. The van der Waals surface area contributed by atoms with Gasteiger partial charge in [0.1, 0.15) is 0 Å². The van der Waals surface area contributed by atoms with E-state index in [0.717, 1.165) is 5.56 Å². The summed E-state index contributed by atoms with van der Waals surface area (Å²) in [7, 11) is 0. The topological polar surface area (TPSA) is 0 Å². The number of hydrogen-bond acceptors (Lipinski definition) is 0. The normalized spacial score (nSPS) is 7.50. The van der Waals surface area contributed by atoms with Gasteiger partial charge in [-0.1, -0.05) is 6.07 Å². The van der Waals surface area contributed by atoms with Crippen molar-refractivity contribution in [3.8, 4) is 0 Å². The molecule has 0 radical (unpaired) electrons. The van der Waals surface area contributed by atoms with Crippen molar-refractivity contribution in [3.63, 3.8) is 0 Å². The summed E-state index contributed by atoms with van der Waals surface area (Å²) in [5.74, 6) is 0. The molecule has 1 aromatic rings. The Morgan fingerprint density at radius 2 is 1.50 bits per heavy atom. The molecule has 0 spiro atoms. The Labute approximate surface area is 62.1 Å². The van der Waals surface area contributed by atoms with Crippen LogP contribution in [0.15, 0.2) is 30.3 Å². The molecule has 0 saturated heterocycles. The van der Waals surface area contributed by atoms with Gasteiger partial charge in [0.05, 0.1) is 0 Å². The van der Waals surface area contributed by atoms with Crippen LogP contribution < -0.4 is 18.9 Å². The van der Waals surface area contributed by atoms with Crippen molar-refractivity contribution in [3.05, 3.63) is 42.8 Å². The Bertz CT molecular complexity index is 134. The van der Waals surface area contributed by atoms with Crippen LogP contribution in [0.2, 0.25) is 0 Å². The quantitative estimate of drug-likeness (QED) is 0.284. The molecule has 0 heterocycles. The van der Waals surface area contributed by atoms with E-state index in [1.165, 1.54) is 0 Å². The third kappa shape index (κ3) is 2.11. The minimum absolute atomic E-state index is 0. The first-order valence-electron chi connectivity index (χ1n) is 2.26. The van der Waals surface area contributed by atoms with E-state index in [1.54, 1.807) is 0 Å². The SMILES string of the molecule is [CH2-]c1ccccc1.[Li+]. The molecule has 0 fully saturated rings. The smallest absolute Gasteiger partial charge is 0.199 e. The van der Waals surface area contributed by atoms with Gasteiger partial charge in [-0.2, -0.15) is 24.6 Å². The second-order valence-corrected chi connectivity index (χ2v) is 1.49. The maximum Gasteiger partial charge on any atom is 1.00 e. The van der Waals surface area contributed by atoms with Crippen LogP contribution in [-0.4, -0.2) is 0 Å². The fraction of sp³-hybridized carbons (Fsp3) is 0. The van der Waals surface area contributed by atoms with E-state index >= 15 is 0 Å². The molecule has 36 valence electrons. The molecule has 1 rings (SSSR count). The van der Waals surface area contributed by atoms with Gasteiger partial charge in [0.15, 0.2) is 0 Å². The molecule has 0 unspecified atom stereocenters. The summed E-state index contributed by atoms with van der Waals surface area (Å²) in [6.45, 7) is 3.72. The Balaban J connectivity index is 0.000000490. The van der Waals surface area contributed by atoms with Crippen LogP contribution >= 0.6 is 0 Å². The van der Waals surface area contributed by atoms with Gasteiger partial charge in [0, 0.05) is 0 Å². The molecule has 0 aliphatic carbocycles. The van der Waals surface area contributed by atoms with Crippen molar-refractivity contribution in [2.75, 3.05) is 0 Å². The fourth-order valence-corrected chi connectivity index (χ4v) is 0.478. The summed E-state index contributed by atoms with van der Waals surface area (Å²) in [5.41, 5.74) is 1.07. The average Bonchev–Trinajstić information content (AvgIpc) is 1.69. The molecular formula is C7H7Li. The third-order valence-corrected chi connectivity index (χ3v) is 0.843. The van der Waals surface area contributed by atoms with Crippen molar-refractivity contribution in [1.82, 2.24) is 0 Å². The molecule has 0 aliphatic rings. The van der Waals surface area contributed by atoms with Crippen LogP contribution in [0.3, 0.4) is 0 Å². The van der Waals surface area contributed by atoms with Crippen LogP contribution in [0.4, 0.5) is 0 Å². The van der Waals surface area contributed by atoms with Crippen LogP contribution in [-0.2, 0) is 0 Å². The zero-order valence-electron chi connectivity index (χ0n) is 5.09. The molecule has 0 bridgehead atoms. The van der Waals surface area contributed by atoms with Crippen molar-refractivity contribution < 1.29 is 18.9 Å². The second-order valence-electron chi connectivity index (χ2n) is 1.49. The molecule has 1 heteroatoms. The van der Waals surface area contributed by atoms with Gasteiger partial charge in [0.25, 0.3) is 0 Å². The van der Waals surface area contributed by atoms with Gasteiger partial charge in [-0.05, 0) is 0 Å². The first-order valence-corrected chi connectivity index (χ1v) is 2.26. The van der Waals surface area contributed by atoms with Gasteiger partial charge >= 0.3 is 18.9 Å². The number of benzene rings is 1. The Kier molecular flexibility index (Phi) is 3.52. The summed E-state index contributed by atoms with van der Waals surface area (Å²) < 4.78 is 0. The summed E-state index contributed by atoms with van der Waals surface area (Å²) >= 11 is 0. The molecule has 0 aliphatic heterocycles. The summed E-state index contributed by atoms with van der Waals surface area (Å²) in [6.07, 6.45) is 0. The van der Waals surface area contributed by atoms with Gasteiger partial charge in [-0.15, -0.1) is 12.1 Å². The molecule has 0 nitrogen and oxygen atoms in total. The largest absolute Gasteiger partial charge is 1.00 e. The minimum Gasteiger partial charge on any atom is -0.199 e. The average molecular weight is 98.1 g/mol. The monoisotopic (exact) mass is 98.1 g/mol. The predicted molar refractivity (Wildman–Crippen MR) is 30.9 cm³/mol. The molecule has 0 aromatic heterocycles. The van der Waals surface area contributed by atoms with Gasteiger partial charge in [0.2, 0.25) is 0 Å². The van der Waals surface area contributed by atoms with Gasteiger partial charge < -0.3 is 0 Å². The van der Waals surface area contributed by atoms with Crippen molar-refractivity contribution in [2.24, 2.45) is 0 Å². The third-order valence-electron chi connectivity index (χ3n) is 0.843. The molecular weight excluding hydrogens is 91.0 g/mol. The summed E-state index contributed by atoms with van der Waals surface area (Å²) in [4.78, 5) is 0. The zero-order valence-corrected chi connectivity index (χ0v) is 5.09. The molecule has 0 amide bonds. The Morgan fingerprint density at radius 1 is 1.00 bits per heavy atom. The van der Waals surface area contributed by atoms with Crippen LogP contribution in [0.5, 0.6) is 0 Å². The number of rotatable bonds is 0.